The first-order valence-corrected chi connectivity index (χ1v) is 11.9. The molecule has 10 nitrogen and oxygen atoms in total. The van der Waals surface area contributed by atoms with Gasteiger partial charge in [-0.25, -0.2) is 14.8 Å². The van der Waals surface area contributed by atoms with Gasteiger partial charge in [-0.3, -0.25) is 9.59 Å². The summed E-state index contributed by atoms with van der Waals surface area (Å²) in [6, 6.07) is 9.87. The molecular weight excluding hydrogens is 450 g/mol. The molecule has 0 saturated heterocycles. The van der Waals surface area contributed by atoms with Crippen molar-refractivity contribution in [2.24, 2.45) is 0 Å². The van der Waals surface area contributed by atoms with Crippen molar-refractivity contribution in [3.63, 3.8) is 0 Å². The number of aliphatic carboxylic acids is 1. The normalized spacial score (nSPS) is 13.5. The summed E-state index contributed by atoms with van der Waals surface area (Å²) in [7, 11) is 0. The fourth-order valence-electron chi connectivity index (χ4n) is 3.99. The van der Waals surface area contributed by atoms with Crippen LogP contribution in [0.25, 0.3) is 11.1 Å². The first kappa shape index (κ1) is 24.2. The van der Waals surface area contributed by atoms with E-state index in [1.54, 1.807) is 24.3 Å². The molecule has 1 aliphatic rings. The van der Waals surface area contributed by atoms with Crippen LogP contribution >= 0.6 is 0 Å². The second-order valence-electron chi connectivity index (χ2n) is 8.54. The first-order chi connectivity index (χ1) is 17.0. The van der Waals surface area contributed by atoms with E-state index in [9.17, 15) is 19.5 Å². The average molecular weight is 480 g/mol. The van der Waals surface area contributed by atoms with E-state index in [-0.39, 0.29) is 24.8 Å². The van der Waals surface area contributed by atoms with E-state index in [1.165, 1.54) is 5.56 Å². The molecule has 1 aliphatic heterocycles. The maximum atomic E-state index is 12.4. The molecule has 0 saturated carbocycles. The number of unbranched alkanes of at least 4 members (excludes halogenated alkanes) is 1. The predicted octanol–water partition coefficient (Wildman–Crippen LogP) is 2.68. The molecule has 10 heteroatoms. The van der Waals surface area contributed by atoms with Gasteiger partial charge in [-0.15, -0.1) is 0 Å². The lowest BCUT2D eigenvalue weighted by Gasteiger charge is -2.17. The van der Waals surface area contributed by atoms with E-state index in [0.29, 0.717) is 23.9 Å². The van der Waals surface area contributed by atoms with Crippen LogP contribution in [-0.4, -0.2) is 52.0 Å². The van der Waals surface area contributed by atoms with Gasteiger partial charge >= 0.3 is 11.9 Å². The van der Waals surface area contributed by atoms with Crippen molar-refractivity contribution in [2.75, 3.05) is 18.4 Å². The highest BCUT2D eigenvalue weighted by atomic mass is 16.4. The number of aryl methyl sites for hydroxylation is 2. The smallest absolute Gasteiger partial charge is 0.326 e. The molecule has 184 valence electrons. The first-order valence-electron chi connectivity index (χ1n) is 11.9. The minimum Gasteiger partial charge on any atom is -0.480 e. The summed E-state index contributed by atoms with van der Waals surface area (Å²) in [5, 5.41) is 17.9. The summed E-state index contributed by atoms with van der Waals surface area (Å²) in [5.74, 6) is -1.30. The predicted molar refractivity (Wildman–Crippen MR) is 129 cm³/mol. The number of carbonyl (C=O) groups excluding carboxylic acids is 2. The number of carbonyl (C=O) groups is 3. The summed E-state index contributed by atoms with van der Waals surface area (Å²) in [6.07, 6.45) is 4.90. The Labute approximate surface area is 202 Å². The molecule has 4 rings (SSSR count). The molecule has 0 fully saturated rings. The van der Waals surface area contributed by atoms with Crippen LogP contribution in [0.2, 0.25) is 0 Å². The number of anilines is 1. The van der Waals surface area contributed by atoms with Gasteiger partial charge in [0.25, 0.3) is 5.89 Å². The highest BCUT2D eigenvalue weighted by Crippen LogP contribution is 2.20. The fourth-order valence-corrected chi connectivity index (χ4v) is 3.99. The standard InChI is InChI=1S/C25H29N5O5/c31-21(10-4-1-7-17-12-11-16-6-5-14-27-22(16)28-17)26-15-13-19(25(33)34)29-23(32)24-30-18-8-2-3-9-20(18)35-24/h2-3,8-9,11-12,19H,1,4-7,10,13-15H2,(H,26,31)(H,27,28)(H,29,32)(H,33,34)/t19-/m1/s1. The van der Waals surface area contributed by atoms with Crippen molar-refractivity contribution in [2.45, 2.75) is 51.0 Å². The van der Waals surface area contributed by atoms with E-state index in [1.807, 2.05) is 6.07 Å². The molecule has 0 radical (unpaired) electrons. The molecular formula is C25H29N5O5. The Balaban J connectivity index is 1.16. The number of oxazole rings is 1. The van der Waals surface area contributed by atoms with Crippen molar-refractivity contribution in [1.82, 2.24) is 20.6 Å². The van der Waals surface area contributed by atoms with E-state index < -0.39 is 17.9 Å². The summed E-state index contributed by atoms with van der Waals surface area (Å²) < 4.78 is 5.37. The molecule has 3 aromatic rings. The van der Waals surface area contributed by atoms with E-state index in [4.69, 9.17) is 4.42 Å². The number of hydrogen-bond donors (Lipinski definition) is 4. The Morgan fingerprint density at radius 2 is 1.97 bits per heavy atom. The number of pyridine rings is 1. The Morgan fingerprint density at radius 3 is 2.80 bits per heavy atom. The lowest BCUT2D eigenvalue weighted by atomic mass is 10.1. The summed E-state index contributed by atoms with van der Waals surface area (Å²) in [6.45, 7) is 1.08. The molecule has 35 heavy (non-hydrogen) atoms. The van der Waals surface area contributed by atoms with Gasteiger partial charge in [0.15, 0.2) is 5.58 Å². The SMILES string of the molecule is O=C(CCCCc1ccc2c(n1)NCCC2)NCC[C@@H](NC(=O)c1nc2ccccc2o1)C(=O)O. The zero-order valence-electron chi connectivity index (χ0n) is 19.4. The van der Waals surface area contributed by atoms with Gasteiger partial charge in [-0.1, -0.05) is 18.2 Å². The van der Waals surface area contributed by atoms with Crippen LogP contribution < -0.4 is 16.0 Å². The Bertz CT molecular complexity index is 1170. The highest BCUT2D eigenvalue weighted by Gasteiger charge is 2.23. The number of para-hydroxylation sites is 2. The molecule has 1 atom stereocenters. The lowest BCUT2D eigenvalue weighted by Crippen LogP contribution is -2.43. The quantitative estimate of drug-likeness (QED) is 0.307. The van der Waals surface area contributed by atoms with Gasteiger partial charge in [-0.2, -0.15) is 0 Å². The second kappa shape index (κ2) is 11.5. The van der Waals surface area contributed by atoms with E-state index >= 15 is 0 Å². The van der Waals surface area contributed by atoms with Crippen LogP contribution in [0.15, 0.2) is 40.8 Å². The summed E-state index contributed by atoms with van der Waals surface area (Å²) in [5.41, 5.74) is 3.22. The van der Waals surface area contributed by atoms with Crippen LogP contribution in [0.5, 0.6) is 0 Å². The monoisotopic (exact) mass is 479 g/mol. The van der Waals surface area contributed by atoms with Gasteiger partial charge in [0, 0.05) is 25.2 Å². The van der Waals surface area contributed by atoms with Gasteiger partial charge in [0.2, 0.25) is 5.91 Å². The van der Waals surface area contributed by atoms with Crippen LogP contribution in [-0.2, 0) is 22.4 Å². The van der Waals surface area contributed by atoms with Crippen molar-refractivity contribution < 1.29 is 23.9 Å². The number of fused-ring (bicyclic) bond motifs is 2. The minimum atomic E-state index is -1.20. The Morgan fingerprint density at radius 1 is 1.11 bits per heavy atom. The molecule has 0 aliphatic carbocycles. The molecule has 4 N–H and O–H groups in total. The Hall–Kier alpha value is -3.95. The highest BCUT2D eigenvalue weighted by molar-refractivity contribution is 5.94. The molecule has 3 heterocycles. The number of aromatic nitrogens is 2. The van der Waals surface area contributed by atoms with Gasteiger partial charge in [-0.05, 0) is 62.3 Å². The van der Waals surface area contributed by atoms with Crippen molar-refractivity contribution in [3.05, 3.63) is 53.5 Å². The third kappa shape index (κ3) is 6.56. The zero-order valence-corrected chi connectivity index (χ0v) is 19.4. The van der Waals surface area contributed by atoms with Crippen molar-refractivity contribution in [3.8, 4) is 0 Å². The maximum absolute atomic E-state index is 12.4. The Kier molecular flexibility index (Phi) is 7.92. The molecule has 0 unspecified atom stereocenters. The van der Waals surface area contributed by atoms with E-state index in [2.05, 4.69) is 32.0 Å². The summed E-state index contributed by atoms with van der Waals surface area (Å²) >= 11 is 0. The number of nitrogens with one attached hydrogen (secondary N) is 3. The van der Waals surface area contributed by atoms with Crippen LogP contribution in [0.4, 0.5) is 5.82 Å². The van der Waals surface area contributed by atoms with Crippen LogP contribution in [0, 0.1) is 0 Å². The van der Waals surface area contributed by atoms with Gasteiger partial charge in [0.05, 0.1) is 0 Å². The molecule has 1 aromatic carbocycles. The number of nitrogens with zero attached hydrogens (tertiary/aromatic N) is 2. The number of carboxylic acid groups (broad SMARTS) is 1. The fraction of sp³-hybridized carbons (Fsp3) is 0.400. The lowest BCUT2D eigenvalue weighted by molar-refractivity contribution is -0.139. The number of rotatable bonds is 11. The number of amides is 2. The zero-order chi connectivity index (χ0) is 24.6. The molecule has 2 amide bonds. The number of benzene rings is 1. The molecule has 0 spiro atoms. The van der Waals surface area contributed by atoms with Crippen molar-refractivity contribution >= 4 is 34.7 Å². The van der Waals surface area contributed by atoms with Crippen LogP contribution in [0.1, 0.15) is 54.0 Å². The third-order valence-electron chi connectivity index (χ3n) is 5.89. The molecule has 0 bridgehead atoms. The van der Waals surface area contributed by atoms with Gasteiger partial charge in [0.1, 0.15) is 17.4 Å². The largest absolute Gasteiger partial charge is 0.480 e. The van der Waals surface area contributed by atoms with E-state index in [0.717, 1.165) is 43.7 Å². The minimum absolute atomic E-state index is 0.0408. The van der Waals surface area contributed by atoms with Crippen LogP contribution in [0.3, 0.4) is 0 Å². The average Bonchev–Trinajstić information content (AvgIpc) is 3.30. The topological polar surface area (TPSA) is 146 Å². The van der Waals surface area contributed by atoms with Crippen molar-refractivity contribution in [1.29, 1.82) is 0 Å². The summed E-state index contributed by atoms with van der Waals surface area (Å²) in [4.78, 5) is 44.8. The number of carboxylic acids is 1. The third-order valence-corrected chi connectivity index (χ3v) is 5.89. The second-order valence-corrected chi connectivity index (χ2v) is 8.54. The molecule has 2 aromatic heterocycles. The maximum Gasteiger partial charge on any atom is 0.326 e. The number of hydrogen-bond acceptors (Lipinski definition) is 7. The van der Waals surface area contributed by atoms with Gasteiger partial charge < -0.3 is 25.5 Å².